The third-order valence-corrected chi connectivity index (χ3v) is 4.85. The quantitative estimate of drug-likeness (QED) is 0.325. The zero-order chi connectivity index (χ0) is 19.9. The Bertz CT molecular complexity index is 969. The van der Waals surface area contributed by atoms with Crippen LogP contribution in [0.15, 0.2) is 58.5 Å². The highest BCUT2D eigenvalue weighted by Gasteiger charge is 2.05. The van der Waals surface area contributed by atoms with Gasteiger partial charge in [0, 0.05) is 16.8 Å². The lowest BCUT2D eigenvalue weighted by atomic mass is 10.1. The van der Waals surface area contributed by atoms with Crippen LogP contribution in [0.4, 0.5) is 0 Å². The number of benzene rings is 2. The largest absolute Gasteiger partial charge is 0.493 e. The van der Waals surface area contributed by atoms with Crippen molar-refractivity contribution in [2.24, 2.45) is 0 Å². The predicted octanol–water partition coefficient (Wildman–Crippen LogP) is 4.79. The molecule has 1 heterocycles. The highest BCUT2D eigenvalue weighted by Crippen LogP contribution is 2.19. The Kier molecular flexibility index (Phi) is 7.01. The van der Waals surface area contributed by atoms with Crippen molar-refractivity contribution in [1.29, 1.82) is 0 Å². The summed E-state index contributed by atoms with van der Waals surface area (Å²) in [7, 11) is 0. The lowest BCUT2D eigenvalue weighted by molar-refractivity contribution is 0.299. The highest BCUT2D eigenvalue weighted by molar-refractivity contribution is 7.99. The van der Waals surface area contributed by atoms with Crippen LogP contribution in [0.25, 0.3) is 0 Å². The van der Waals surface area contributed by atoms with Crippen molar-refractivity contribution in [2.45, 2.75) is 25.6 Å². The number of hydrogen-bond acceptors (Lipinski definition) is 5. The first-order valence-electron chi connectivity index (χ1n) is 8.80. The van der Waals surface area contributed by atoms with Crippen LogP contribution >= 0.6 is 23.4 Å². The Morgan fingerprint density at radius 2 is 1.71 bits per heavy atom. The molecule has 0 fully saturated rings. The second-order valence-corrected chi connectivity index (χ2v) is 7.82. The summed E-state index contributed by atoms with van der Waals surface area (Å²) >= 11 is 7.29. The summed E-state index contributed by atoms with van der Waals surface area (Å²) in [4.78, 5) is 19.1. The summed E-state index contributed by atoms with van der Waals surface area (Å²) in [5.41, 5.74) is 2.70. The standard InChI is InChI=1S/C21H21ClN2O3S/c1-14-9-15(2)11-19(10-14)26-7-8-28-21-23-17(12-20(25)24-21)13-27-18-5-3-16(22)4-6-18/h3-6,9-12H,7-8,13H2,1-2H3,(H,23,24,25). The molecule has 3 rings (SSSR count). The van der Waals surface area contributed by atoms with Crippen molar-refractivity contribution >= 4 is 23.4 Å². The van der Waals surface area contributed by atoms with Gasteiger partial charge in [-0.15, -0.1) is 0 Å². The number of ether oxygens (including phenoxy) is 2. The van der Waals surface area contributed by atoms with E-state index in [1.165, 1.54) is 29.0 Å². The molecule has 5 nitrogen and oxygen atoms in total. The highest BCUT2D eigenvalue weighted by atomic mass is 35.5. The molecule has 7 heteroatoms. The number of rotatable bonds is 8. The molecule has 146 valence electrons. The fraction of sp³-hybridized carbons (Fsp3) is 0.238. The van der Waals surface area contributed by atoms with Crippen molar-refractivity contribution in [1.82, 2.24) is 9.97 Å². The van der Waals surface area contributed by atoms with E-state index in [4.69, 9.17) is 21.1 Å². The van der Waals surface area contributed by atoms with Crippen LogP contribution in [-0.2, 0) is 6.61 Å². The van der Waals surface area contributed by atoms with Crippen LogP contribution in [0.5, 0.6) is 11.5 Å². The number of halogens is 1. The number of thioether (sulfide) groups is 1. The molecule has 2 aromatic carbocycles. The second-order valence-electron chi connectivity index (χ2n) is 6.30. The third kappa shape index (κ3) is 6.32. The minimum absolute atomic E-state index is 0.206. The van der Waals surface area contributed by atoms with Gasteiger partial charge in [-0.2, -0.15) is 0 Å². The van der Waals surface area contributed by atoms with E-state index in [0.717, 1.165) is 5.75 Å². The molecule has 0 aliphatic carbocycles. The maximum Gasteiger partial charge on any atom is 0.251 e. The summed E-state index contributed by atoms with van der Waals surface area (Å²) in [6, 6.07) is 14.6. The zero-order valence-electron chi connectivity index (χ0n) is 15.7. The van der Waals surface area contributed by atoms with Gasteiger partial charge in [-0.3, -0.25) is 4.79 Å². The molecule has 3 aromatic rings. The van der Waals surface area contributed by atoms with E-state index in [2.05, 4.69) is 16.0 Å². The van der Waals surface area contributed by atoms with Crippen molar-refractivity contribution in [3.63, 3.8) is 0 Å². The predicted molar refractivity (Wildman–Crippen MR) is 113 cm³/mol. The van der Waals surface area contributed by atoms with Crippen molar-refractivity contribution in [2.75, 3.05) is 12.4 Å². The molecule has 0 aliphatic rings. The van der Waals surface area contributed by atoms with Gasteiger partial charge in [0.2, 0.25) is 0 Å². The summed E-state index contributed by atoms with van der Waals surface area (Å²) in [6.45, 7) is 4.81. The average molecular weight is 417 g/mol. The second kappa shape index (κ2) is 9.66. The van der Waals surface area contributed by atoms with E-state index in [1.807, 2.05) is 26.0 Å². The van der Waals surface area contributed by atoms with Gasteiger partial charge in [-0.05, 0) is 61.4 Å². The van der Waals surface area contributed by atoms with Gasteiger partial charge in [0.1, 0.15) is 18.1 Å². The Morgan fingerprint density at radius 1 is 1.00 bits per heavy atom. The van der Waals surface area contributed by atoms with Gasteiger partial charge in [0.15, 0.2) is 5.16 Å². The van der Waals surface area contributed by atoms with E-state index >= 15 is 0 Å². The Morgan fingerprint density at radius 3 is 2.43 bits per heavy atom. The van der Waals surface area contributed by atoms with E-state index in [0.29, 0.717) is 34.0 Å². The SMILES string of the molecule is Cc1cc(C)cc(OCCSc2nc(COc3ccc(Cl)cc3)cc(=O)[nH]2)c1. The molecule has 0 spiro atoms. The molecule has 0 saturated carbocycles. The fourth-order valence-electron chi connectivity index (χ4n) is 2.63. The maximum atomic E-state index is 11.9. The van der Waals surface area contributed by atoms with Crippen molar-refractivity contribution < 1.29 is 9.47 Å². The van der Waals surface area contributed by atoms with Crippen molar-refractivity contribution in [3.05, 3.63) is 80.7 Å². The lowest BCUT2D eigenvalue weighted by Crippen LogP contribution is -2.12. The van der Waals surface area contributed by atoms with Gasteiger partial charge in [-0.25, -0.2) is 4.98 Å². The van der Waals surface area contributed by atoms with E-state index < -0.39 is 0 Å². The van der Waals surface area contributed by atoms with Gasteiger partial charge in [0.05, 0.1) is 12.3 Å². The topological polar surface area (TPSA) is 64.2 Å². The molecular formula is C21H21ClN2O3S. The molecule has 1 N–H and O–H groups in total. The first kappa shape index (κ1) is 20.3. The first-order chi connectivity index (χ1) is 13.5. The minimum atomic E-state index is -0.206. The first-order valence-corrected chi connectivity index (χ1v) is 10.2. The van der Waals surface area contributed by atoms with E-state index in [9.17, 15) is 4.79 Å². The minimum Gasteiger partial charge on any atom is -0.493 e. The van der Waals surface area contributed by atoms with Crippen LogP contribution in [-0.4, -0.2) is 22.3 Å². The number of nitrogens with zero attached hydrogens (tertiary/aromatic N) is 1. The van der Waals surface area contributed by atoms with Crippen LogP contribution in [0.1, 0.15) is 16.8 Å². The molecule has 0 unspecified atom stereocenters. The summed E-state index contributed by atoms with van der Waals surface area (Å²) in [5, 5.41) is 1.19. The Hall–Kier alpha value is -2.44. The number of aromatic amines is 1. The normalized spacial score (nSPS) is 10.7. The number of hydrogen-bond donors (Lipinski definition) is 1. The maximum absolute atomic E-state index is 11.9. The number of aryl methyl sites for hydroxylation is 2. The molecule has 0 aliphatic heterocycles. The molecule has 0 amide bonds. The van der Waals surface area contributed by atoms with Crippen molar-refractivity contribution in [3.8, 4) is 11.5 Å². The molecule has 0 radical (unpaired) electrons. The summed E-state index contributed by atoms with van der Waals surface area (Å²) in [5.74, 6) is 2.18. The smallest absolute Gasteiger partial charge is 0.251 e. The molecule has 0 bridgehead atoms. The number of aromatic nitrogens is 2. The number of H-pyrrole nitrogens is 1. The lowest BCUT2D eigenvalue weighted by Gasteiger charge is -2.09. The monoisotopic (exact) mass is 416 g/mol. The molecule has 0 saturated heterocycles. The molecule has 1 aromatic heterocycles. The fourth-order valence-corrected chi connectivity index (χ4v) is 3.47. The summed E-state index contributed by atoms with van der Waals surface area (Å²) in [6.07, 6.45) is 0. The van der Waals surface area contributed by atoms with Crippen LogP contribution in [0.2, 0.25) is 5.02 Å². The molecular weight excluding hydrogens is 396 g/mol. The van der Waals surface area contributed by atoms with Crippen LogP contribution in [0.3, 0.4) is 0 Å². The average Bonchev–Trinajstić information content (AvgIpc) is 2.64. The Labute approximate surface area is 173 Å². The summed E-state index contributed by atoms with van der Waals surface area (Å²) < 4.78 is 11.4. The Balaban J connectivity index is 1.52. The molecule has 28 heavy (non-hydrogen) atoms. The van der Waals surface area contributed by atoms with Crippen LogP contribution in [0, 0.1) is 13.8 Å². The number of nitrogens with one attached hydrogen (secondary N) is 1. The van der Waals surface area contributed by atoms with Crippen LogP contribution < -0.4 is 15.0 Å². The van der Waals surface area contributed by atoms with E-state index in [1.54, 1.807) is 24.3 Å². The van der Waals surface area contributed by atoms with Gasteiger partial charge >= 0.3 is 0 Å². The molecule has 0 atom stereocenters. The third-order valence-electron chi connectivity index (χ3n) is 3.76. The van der Waals surface area contributed by atoms with Gasteiger partial charge in [0.25, 0.3) is 5.56 Å². The van der Waals surface area contributed by atoms with E-state index in [-0.39, 0.29) is 12.2 Å². The zero-order valence-corrected chi connectivity index (χ0v) is 17.3. The van der Waals surface area contributed by atoms with Gasteiger partial charge in [-0.1, -0.05) is 29.4 Å². The van der Waals surface area contributed by atoms with Gasteiger partial charge < -0.3 is 14.5 Å².